The second-order valence-electron chi connectivity index (χ2n) is 2.46. The van der Waals surface area contributed by atoms with Gasteiger partial charge in [0.1, 0.15) is 6.04 Å². The summed E-state index contributed by atoms with van der Waals surface area (Å²) in [7, 11) is 0. The summed E-state index contributed by atoms with van der Waals surface area (Å²) in [5.74, 6) is -1.13. The highest BCUT2D eigenvalue weighted by molar-refractivity contribution is 7.17. The van der Waals surface area contributed by atoms with Crippen LogP contribution in [0.5, 0.6) is 0 Å². The van der Waals surface area contributed by atoms with Crippen LogP contribution in [0.1, 0.15) is 16.7 Å². The number of nitrogens with two attached hydrogens (primary N) is 1. The lowest BCUT2D eigenvalue weighted by Gasteiger charge is -2.07. The van der Waals surface area contributed by atoms with Crippen LogP contribution in [0.15, 0.2) is 0 Å². The molecule has 0 fully saturated rings. The number of aromatic nitrogens is 2. The van der Waals surface area contributed by atoms with E-state index in [1.165, 1.54) is 6.92 Å². The van der Waals surface area contributed by atoms with Crippen LogP contribution in [-0.2, 0) is 4.79 Å². The number of nitrogens with one attached hydrogen (secondary N) is 1. The van der Waals surface area contributed by atoms with Gasteiger partial charge in [-0.25, -0.2) is 0 Å². The number of nitrogens with zero attached hydrogens (tertiary/aromatic N) is 2. The first kappa shape index (κ1) is 10.9. The normalized spacial score (nSPS) is 12.1. The van der Waals surface area contributed by atoms with Crippen molar-refractivity contribution < 1.29 is 9.59 Å². The van der Waals surface area contributed by atoms with Crippen molar-refractivity contribution in [2.45, 2.75) is 13.0 Å². The molecule has 0 aromatic carbocycles. The van der Waals surface area contributed by atoms with Crippen molar-refractivity contribution >= 4 is 34.8 Å². The number of rotatable bonds is 3. The predicted octanol–water partition coefficient (Wildman–Crippen LogP) is -0.205. The minimum Gasteiger partial charge on any atom is -0.368 e. The highest BCUT2D eigenvalue weighted by atomic mass is 35.5. The average molecular weight is 235 g/mol. The minimum atomic E-state index is -0.745. The number of amides is 2. The SMILES string of the molecule is C[C@H](NC(=O)c1nnc(Cl)s1)C(N)=O. The molecular weight excluding hydrogens is 228 g/mol. The third-order valence-electron chi connectivity index (χ3n) is 1.37. The first-order valence-corrected chi connectivity index (χ1v) is 4.79. The number of primary amides is 1. The molecule has 0 aliphatic rings. The topological polar surface area (TPSA) is 98.0 Å². The van der Waals surface area contributed by atoms with Crippen molar-refractivity contribution in [2.24, 2.45) is 5.73 Å². The zero-order valence-corrected chi connectivity index (χ0v) is 8.72. The van der Waals surface area contributed by atoms with Crippen molar-refractivity contribution in [2.75, 3.05) is 0 Å². The lowest BCUT2D eigenvalue weighted by molar-refractivity contribution is -0.119. The van der Waals surface area contributed by atoms with Gasteiger partial charge < -0.3 is 11.1 Å². The zero-order valence-electron chi connectivity index (χ0n) is 7.15. The van der Waals surface area contributed by atoms with Gasteiger partial charge in [-0.1, -0.05) is 11.3 Å². The molecule has 1 aromatic heterocycles. The lowest BCUT2D eigenvalue weighted by atomic mass is 10.3. The molecule has 0 spiro atoms. The molecule has 1 heterocycles. The van der Waals surface area contributed by atoms with E-state index in [0.29, 0.717) is 0 Å². The fourth-order valence-electron chi connectivity index (χ4n) is 0.627. The van der Waals surface area contributed by atoms with Gasteiger partial charge in [-0.3, -0.25) is 9.59 Å². The highest BCUT2D eigenvalue weighted by Gasteiger charge is 2.16. The molecule has 6 nitrogen and oxygen atoms in total. The molecule has 2 amide bonds. The van der Waals surface area contributed by atoms with Crippen LogP contribution in [0.3, 0.4) is 0 Å². The van der Waals surface area contributed by atoms with Gasteiger partial charge in [0.2, 0.25) is 15.4 Å². The summed E-state index contributed by atoms with van der Waals surface area (Å²) < 4.78 is 0.168. The second kappa shape index (κ2) is 4.34. The van der Waals surface area contributed by atoms with Crippen LogP contribution < -0.4 is 11.1 Å². The van der Waals surface area contributed by atoms with Crippen LogP contribution in [0.2, 0.25) is 4.47 Å². The van der Waals surface area contributed by atoms with E-state index in [0.717, 1.165) is 11.3 Å². The highest BCUT2D eigenvalue weighted by Crippen LogP contribution is 2.14. The maximum atomic E-state index is 11.3. The third-order valence-corrected chi connectivity index (χ3v) is 2.39. The molecule has 0 unspecified atom stereocenters. The number of halogens is 1. The molecule has 0 saturated carbocycles. The summed E-state index contributed by atoms with van der Waals surface area (Å²) in [5.41, 5.74) is 4.96. The van der Waals surface area contributed by atoms with E-state index in [1.54, 1.807) is 0 Å². The van der Waals surface area contributed by atoms with E-state index in [9.17, 15) is 9.59 Å². The summed E-state index contributed by atoms with van der Waals surface area (Å²) in [6.07, 6.45) is 0. The first-order chi connectivity index (χ1) is 6.50. The molecule has 3 N–H and O–H groups in total. The van der Waals surface area contributed by atoms with E-state index >= 15 is 0 Å². The largest absolute Gasteiger partial charge is 0.368 e. The molecule has 8 heteroatoms. The van der Waals surface area contributed by atoms with E-state index in [4.69, 9.17) is 17.3 Å². The number of hydrogen-bond donors (Lipinski definition) is 2. The molecule has 0 aliphatic heterocycles. The van der Waals surface area contributed by atoms with Gasteiger partial charge in [-0.2, -0.15) is 0 Å². The number of hydrogen-bond acceptors (Lipinski definition) is 5. The van der Waals surface area contributed by atoms with Gasteiger partial charge in [0.15, 0.2) is 0 Å². The number of carbonyl (C=O) groups is 2. The summed E-state index contributed by atoms with van der Waals surface area (Å²) in [4.78, 5) is 21.9. The number of carbonyl (C=O) groups excluding carboxylic acids is 2. The summed E-state index contributed by atoms with van der Waals surface area (Å²) >= 11 is 6.41. The van der Waals surface area contributed by atoms with Gasteiger partial charge in [-0.15, -0.1) is 10.2 Å². The van der Waals surface area contributed by atoms with Gasteiger partial charge in [0.05, 0.1) is 0 Å². The van der Waals surface area contributed by atoms with E-state index < -0.39 is 17.9 Å². The minimum absolute atomic E-state index is 0.100. The fourth-order valence-corrected chi connectivity index (χ4v) is 1.36. The van der Waals surface area contributed by atoms with E-state index in [2.05, 4.69) is 15.5 Å². The first-order valence-electron chi connectivity index (χ1n) is 3.60. The molecule has 1 aromatic rings. The maximum absolute atomic E-state index is 11.3. The van der Waals surface area contributed by atoms with Crippen molar-refractivity contribution in [3.63, 3.8) is 0 Å². The Labute approximate surface area is 88.5 Å². The summed E-state index contributed by atoms with van der Waals surface area (Å²) in [5, 5.41) is 9.39. The molecule has 0 bridgehead atoms. The summed E-state index contributed by atoms with van der Waals surface area (Å²) in [6.45, 7) is 1.48. The molecule has 0 radical (unpaired) electrons. The Morgan fingerprint density at radius 3 is 2.64 bits per heavy atom. The van der Waals surface area contributed by atoms with E-state index in [-0.39, 0.29) is 9.47 Å². The van der Waals surface area contributed by atoms with Gasteiger partial charge in [0, 0.05) is 0 Å². The van der Waals surface area contributed by atoms with Gasteiger partial charge in [-0.05, 0) is 18.5 Å². The van der Waals surface area contributed by atoms with Crippen LogP contribution in [0, 0.1) is 0 Å². The van der Waals surface area contributed by atoms with Crippen LogP contribution >= 0.6 is 22.9 Å². The Morgan fingerprint density at radius 2 is 2.21 bits per heavy atom. The van der Waals surface area contributed by atoms with Crippen LogP contribution in [0.4, 0.5) is 0 Å². The Bertz CT molecular complexity index is 366. The standard InChI is InChI=1S/C6H7ClN4O2S/c1-2(3(8)12)9-4(13)5-10-11-6(7)14-5/h2H,1H3,(H2,8,12)(H,9,13)/t2-/m0/s1. The van der Waals surface area contributed by atoms with Gasteiger partial charge >= 0.3 is 0 Å². The second-order valence-corrected chi connectivity index (χ2v) is 4.02. The molecule has 0 saturated heterocycles. The molecule has 1 rings (SSSR count). The summed E-state index contributed by atoms with van der Waals surface area (Å²) in [6, 6.07) is -0.745. The molecule has 0 aliphatic carbocycles. The van der Waals surface area contributed by atoms with E-state index in [1.807, 2.05) is 0 Å². The van der Waals surface area contributed by atoms with Crippen molar-refractivity contribution in [1.29, 1.82) is 0 Å². The van der Waals surface area contributed by atoms with Crippen LogP contribution in [-0.4, -0.2) is 28.1 Å². The predicted molar refractivity (Wildman–Crippen MR) is 51.0 cm³/mol. The smallest absolute Gasteiger partial charge is 0.282 e. The lowest BCUT2D eigenvalue weighted by Crippen LogP contribution is -2.42. The van der Waals surface area contributed by atoms with Crippen molar-refractivity contribution in [3.8, 4) is 0 Å². The Morgan fingerprint density at radius 1 is 1.57 bits per heavy atom. The van der Waals surface area contributed by atoms with Crippen molar-refractivity contribution in [3.05, 3.63) is 9.47 Å². The monoisotopic (exact) mass is 234 g/mol. The van der Waals surface area contributed by atoms with Crippen LogP contribution in [0.25, 0.3) is 0 Å². The molecule has 14 heavy (non-hydrogen) atoms. The van der Waals surface area contributed by atoms with Gasteiger partial charge in [0.25, 0.3) is 5.91 Å². The molecule has 1 atom stereocenters. The Balaban J connectivity index is 2.63. The molecule has 76 valence electrons. The zero-order chi connectivity index (χ0) is 10.7. The van der Waals surface area contributed by atoms with Crippen molar-refractivity contribution in [1.82, 2.24) is 15.5 Å². The maximum Gasteiger partial charge on any atom is 0.282 e. The molecular formula is C6H7ClN4O2S. The fraction of sp³-hybridized carbons (Fsp3) is 0.333. The Kier molecular flexibility index (Phi) is 3.37. The quantitative estimate of drug-likeness (QED) is 0.756. The average Bonchev–Trinajstić information content (AvgIpc) is 2.51. The third kappa shape index (κ3) is 2.64. The Hall–Kier alpha value is -1.21.